The Hall–Kier alpha value is -2.77. The molecule has 2 unspecified atom stereocenters. The SMILES string of the molecule is CC#CCC1(O)CC2CCCC(C1)N2C(=O)OCC1c2ccccc2-c2ccccc21. The van der Waals surface area contributed by atoms with Crippen LogP contribution >= 0.6 is 0 Å². The Balaban J connectivity index is 1.32. The van der Waals surface area contributed by atoms with Gasteiger partial charge in [-0.05, 0) is 61.3 Å². The number of rotatable bonds is 3. The summed E-state index contributed by atoms with van der Waals surface area (Å²) in [5.74, 6) is 6.00. The van der Waals surface area contributed by atoms with Crippen LogP contribution in [0.1, 0.15) is 62.5 Å². The molecular weight excluding hydrogens is 386 g/mol. The molecule has 2 fully saturated rings. The van der Waals surface area contributed by atoms with Gasteiger partial charge in [-0.1, -0.05) is 48.5 Å². The van der Waals surface area contributed by atoms with Crippen molar-refractivity contribution >= 4 is 6.09 Å². The minimum Gasteiger partial charge on any atom is -0.448 e. The minimum atomic E-state index is -0.793. The summed E-state index contributed by atoms with van der Waals surface area (Å²) in [7, 11) is 0. The number of nitrogens with zero attached hydrogens (tertiary/aromatic N) is 1. The second-order valence-corrected chi connectivity index (χ2v) is 9.19. The predicted octanol–water partition coefficient (Wildman–Crippen LogP) is 5.10. The fourth-order valence-corrected chi connectivity index (χ4v) is 5.89. The highest BCUT2D eigenvalue weighted by Gasteiger charge is 2.47. The van der Waals surface area contributed by atoms with Gasteiger partial charge in [0.05, 0.1) is 5.60 Å². The van der Waals surface area contributed by atoms with Gasteiger partial charge >= 0.3 is 6.09 Å². The van der Waals surface area contributed by atoms with Crippen LogP contribution in [0.3, 0.4) is 0 Å². The molecule has 0 saturated carbocycles. The highest BCUT2D eigenvalue weighted by Crippen LogP contribution is 2.45. The first kappa shape index (κ1) is 20.2. The normalized spacial score (nSPS) is 26.5. The first-order valence-electron chi connectivity index (χ1n) is 11.3. The minimum absolute atomic E-state index is 0.0341. The number of carbonyl (C=O) groups excluding carboxylic acids is 1. The monoisotopic (exact) mass is 415 g/mol. The van der Waals surface area contributed by atoms with E-state index < -0.39 is 5.60 Å². The van der Waals surface area contributed by atoms with Crippen LogP contribution in [0.5, 0.6) is 0 Å². The molecule has 2 atom stereocenters. The van der Waals surface area contributed by atoms with E-state index in [4.69, 9.17) is 4.74 Å². The van der Waals surface area contributed by atoms with Gasteiger partial charge < -0.3 is 14.7 Å². The van der Waals surface area contributed by atoms with Crippen LogP contribution in [0.15, 0.2) is 48.5 Å². The Morgan fingerprint density at radius 1 is 1.06 bits per heavy atom. The van der Waals surface area contributed by atoms with Crippen molar-refractivity contribution in [2.45, 2.75) is 69.1 Å². The average Bonchev–Trinajstić information content (AvgIpc) is 3.09. The summed E-state index contributed by atoms with van der Waals surface area (Å²) in [4.78, 5) is 15.1. The smallest absolute Gasteiger partial charge is 0.410 e. The molecule has 0 aromatic heterocycles. The van der Waals surface area contributed by atoms with Crippen molar-refractivity contribution in [2.75, 3.05) is 6.61 Å². The third-order valence-electron chi connectivity index (χ3n) is 7.23. The third-order valence-corrected chi connectivity index (χ3v) is 7.23. The number of benzene rings is 2. The topological polar surface area (TPSA) is 49.8 Å². The zero-order valence-electron chi connectivity index (χ0n) is 18.0. The summed E-state index contributed by atoms with van der Waals surface area (Å²) in [6.07, 6.45) is 4.35. The quantitative estimate of drug-likeness (QED) is 0.710. The first-order valence-corrected chi connectivity index (χ1v) is 11.3. The van der Waals surface area contributed by atoms with Crippen LogP contribution in [0.25, 0.3) is 11.1 Å². The Morgan fingerprint density at radius 3 is 2.23 bits per heavy atom. The summed E-state index contributed by atoms with van der Waals surface area (Å²) >= 11 is 0. The molecule has 0 radical (unpaired) electrons. The largest absolute Gasteiger partial charge is 0.448 e. The summed E-state index contributed by atoms with van der Waals surface area (Å²) in [6, 6.07) is 16.8. The number of piperidine rings is 2. The molecular formula is C27H29NO3. The molecule has 2 heterocycles. The molecule has 0 spiro atoms. The van der Waals surface area contributed by atoms with E-state index in [1.54, 1.807) is 6.92 Å². The fraction of sp³-hybridized carbons (Fsp3) is 0.444. The summed E-state index contributed by atoms with van der Waals surface area (Å²) < 4.78 is 5.94. The van der Waals surface area contributed by atoms with Gasteiger partial charge in [-0.3, -0.25) is 0 Å². The standard InChI is InChI=1S/C27H29NO3/c1-2-3-15-27(30)16-19-9-8-10-20(17-27)28(19)26(29)31-18-25-23-13-6-4-11-21(23)22-12-5-7-14-24(22)25/h4-7,11-14,19-20,25,30H,8-10,15-18H2,1H3. The van der Waals surface area contributed by atoms with Crippen LogP contribution in [-0.4, -0.2) is 40.4 Å². The zero-order chi connectivity index (χ0) is 21.4. The van der Waals surface area contributed by atoms with E-state index in [0.717, 1.165) is 19.3 Å². The van der Waals surface area contributed by atoms with E-state index >= 15 is 0 Å². The highest BCUT2D eigenvalue weighted by atomic mass is 16.6. The fourth-order valence-electron chi connectivity index (χ4n) is 5.89. The predicted molar refractivity (Wildman–Crippen MR) is 121 cm³/mol. The van der Waals surface area contributed by atoms with Crippen LogP contribution in [0.4, 0.5) is 4.79 Å². The molecule has 1 aliphatic carbocycles. The molecule has 2 aromatic carbocycles. The number of hydrogen-bond acceptors (Lipinski definition) is 3. The molecule has 1 amide bonds. The maximum atomic E-state index is 13.2. The molecule has 2 saturated heterocycles. The number of fused-ring (bicyclic) bond motifs is 5. The number of ether oxygens (including phenoxy) is 1. The molecule has 160 valence electrons. The van der Waals surface area contributed by atoms with E-state index in [-0.39, 0.29) is 24.1 Å². The Labute approximate surface area is 184 Å². The van der Waals surface area contributed by atoms with Crippen LogP contribution in [0, 0.1) is 11.8 Å². The van der Waals surface area contributed by atoms with Crippen molar-refractivity contribution in [1.82, 2.24) is 4.90 Å². The van der Waals surface area contributed by atoms with E-state index in [1.807, 2.05) is 4.90 Å². The molecule has 31 heavy (non-hydrogen) atoms. The zero-order valence-corrected chi connectivity index (χ0v) is 18.0. The van der Waals surface area contributed by atoms with Crippen molar-refractivity contribution in [2.24, 2.45) is 0 Å². The molecule has 2 bridgehead atoms. The second-order valence-electron chi connectivity index (χ2n) is 9.19. The van der Waals surface area contributed by atoms with Gasteiger partial charge in [0.1, 0.15) is 6.61 Å². The molecule has 4 nitrogen and oxygen atoms in total. The molecule has 4 heteroatoms. The summed E-state index contributed by atoms with van der Waals surface area (Å²) in [5.41, 5.74) is 4.12. The van der Waals surface area contributed by atoms with Gasteiger partial charge in [0.2, 0.25) is 0 Å². The van der Waals surface area contributed by atoms with Gasteiger partial charge in [0.25, 0.3) is 0 Å². The van der Waals surface area contributed by atoms with Gasteiger partial charge in [0.15, 0.2) is 0 Å². The van der Waals surface area contributed by atoms with E-state index in [9.17, 15) is 9.90 Å². The lowest BCUT2D eigenvalue weighted by molar-refractivity contribution is -0.0816. The first-order chi connectivity index (χ1) is 15.1. The molecule has 2 aromatic rings. The van der Waals surface area contributed by atoms with Crippen molar-refractivity contribution in [1.29, 1.82) is 0 Å². The molecule has 2 aliphatic heterocycles. The molecule has 5 rings (SSSR count). The highest BCUT2D eigenvalue weighted by molar-refractivity contribution is 5.79. The Bertz CT molecular complexity index is 990. The van der Waals surface area contributed by atoms with Crippen molar-refractivity contribution in [3.63, 3.8) is 0 Å². The van der Waals surface area contributed by atoms with Gasteiger partial charge in [-0.15, -0.1) is 11.8 Å². The third kappa shape index (κ3) is 3.62. The lowest BCUT2D eigenvalue weighted by Crippen LogP contribution is -2.59. The van der Waals surface area contributed by atoms with Gasteiger partial charge in [-0.25, -0.2) is 4.79 Å². The number of hydrogen-bond donors (Lipinski definition) is 1. The lowest BCUT2D eigenvalue weighted by atomic mass is 9.74. The van der Waals surface area contributed by atoms with Gasteiger partial charge in [0, 0.05) is 24.4 Å². The van der Waals surface area contributed by atoms with E-state index in [0.29, 0.717) is 25.9 Å². The van der Waals surface area contributed by atoms with E-state index in [1.165, 1.54) is 22.3 Å². The maximum absolute atomic E-state index is 13.2. The van der Waals surface area contributed by atoms with Crippen molar-refractivity contribution < 1.29 is 14.6 Å². The van der Waals surface area contributed by atoms with Gasteiger partial charge in [-0.2, -0.15) is 0 Å². The van der Waals surface area contributed by atoms with Crippen molar-refractivity contribution in [3.8, 4) is 23.0 Å². The number of aliphatic hydroxyl groups is 1. The Kier molecular flexibility index (Phi) is 5.24. The second kappa shape index (κ2) is 8.05. The van der Waals surface area contributed by atoms with Crippen LogP contribution in [-0.2, 0) is 4.74 Å². The van der Waals surface area contributed by atoms with Crippen LogP contribution < -0.4 is 0 Å². The Morgan fingerprint density at radius 2 is 1.65 bits per heavy atom. The van der Waals surface area contributed by atoms with E-state index in [2.05, 4.69) is 60.4 Å². The van der Waals surface area contributed by atoms with Crippen molar-refractivity contribution in [3.05, 3.63) is 59.7 Å². The van der Waals surface area contributed by atoms with Crippen LogP contribution in [0.2, 0.25) is 0 Å². The number of carbonyl (C=O) groups is 1. The maximum Gasteiger partial charge on any atom is 0.410 e. The molecule has 3 aliphatic rings. The number of amides is 1. The summed E-state index contributed by atoms with van der Waals surface area (Å²) in [5, 5.41) is 11.0. The summed E-state index contributed by atoms with van der Waals surface area (Å²) in [6.45, 7) is 2.14. The molecule has 1 N–H and O–H groups in total. The average molecular weight is 416 g/mol. The lowest BCUT2D eigenvalue weighted by Gasteiger charge is -2.51.